The van der Waals surface area contributed by atoms with Crippen molar-refractivity contribution in [2.24, 2.45) is 5.92 Å². The van der Waals surface area contributed by atoms with Crippen molar-refractivity contribution in [2.75, 3.05) is 13.1 Å². The van der Waals surface area contributed by atoms with Gasteiger partial charge in [-0.2, -0.15) is 5.26 Å². The number of amides is 1. The number of carbonyl (C=O) groups is 1. The van der Waals surface area contributed by atoms with Gasteiger partial charge in [-0.25, -0.2) is 4.79 Å². The molecule has 32 heavy (non-hydrogen) atoms. The Morgan fingerprint density at radius 3 is 2.44 bits per heavy atom. The molecule has 0 aromatic heterocycles. The van der Waals surface area contributed by atoms with Crippen LogP contribution in [0.1, 0.15) is 50.3 Å². The number of hydrogen-bond acceptors (Lipinski definition) is 4. The third-order valence-electron chi connectivity index (χ3n) is 5.82. The first kappa shape index (κ1) is 23.8. The van der Waals surface area contributed by atoms with Gasteiger partial charge in [-0.15, -0.1) is 0 Å². The number of nitriles is 1. The second kappa shape index (κ2) is 11.2. The fraction of sp³-hybridized carbons (Fsp3) is 0.481. The number of hydrogen-bond donors (Lipinski definition) is 1. The van der Waals surface area contributed by atoms with E-state index in [0.717, 1.165) is 38.9 Å². The van der Waals surface area contributed by atoms with Crippen LogP contribution in [-0.4, -0.2) is 35.7 Å². The highest BCUT2D eigenvalue weighted by Crippen LogP contribution is 2.24. The van der Waals surface area contributed by atoms with Crippen molar-refractivity contribution in [3.8, 4) is 6.07 Å². The number of nitrogens with zero attached hydrogens (tertiary/aromatic N) is 2. The minimum atomic E-state index is -0.507. The van der Waals surface area contributed by atoms with Gasteiger partial charge in [0.05, 0.1) is 6.07 Å². The summed E-state index contributed by atoms with van der Waals surface area (Å²) in [6, 6.07) is 21.4. The molecule has 3 rings (SSSR count). The number of aryl methyl sites for hydroxylation is 1. The molecule has 1 heterocycles. The summed E-state index contributed by atoms with van der Waals surface area (Å²) in [4.78, 5) is 14.9. The molecule has 2 unspecified atom stereocenters. The molecule has 0 spiro atoms. The van der Waals surface area contributed by atoms with E-state index in [9.17, 15) is 4.79 Å². The minimum Gasteiger partial charge on any atom is -0.444 e. The van der Waals surface area contributed by atoms with Gasteiger partial charge in [0, 0.05) is 32.1 Å². The molecule has 0 saturated carbocycles. The molecule has 1 saturated heterocycles. The molecule has 1 aliphatic heterocycles. The van der Waals surface area contributed by atoms with Crippen molar-refractivity contribution in [1.82, 2.24) is 10.2 Å². The van der Waals surface area contributed by atoms with Crippen LogP contribution in [0.2, 0.25) is 0 Å². The second-order valence-corrected chi connectivity index (χ2v) is 9.70. The molecule has 2 aromatic rings. The van der Waals surface area contributed by atoms with Crippen LogP contribution in [0.4, 0.5) is 4.79 Å². The van der Waals surface area contributed by atoms with Gasteiger partial charge in [0.15, 0.2) is 0 Å². The largest absolute Gasteiger partial charge is 0.444 e. The molecule has 0 aliphatic carbocycles. The van der Waals surface area contributed by atoms with Crippen LogP contribution in [0.25, 0.3) is 0 Å². The first-order chi connectivity index (χ1) is 15.3. The predicted molar refractivity (Wildman–Crippen MR) is 127 cm³/mol. The van der Waals surface area contributed by atoms with Crippen molar-refractivity contribution >= 4 is 6.09 Å². The standard InChI is InChI=1S/C27H35N3O2/c1-27(2,3)32-26(31)29-25-15-17-30(19-23-8-5-4-6-9-23)20-24(25)18-22-13-11-21(12-14-22)10-7-16-28/h4-6,8-9,11-14,24-25H,7,10,15,17-20H2,1-3H3,(H,29,31). The Bertz CT molecular complexity index is 897. The molecule has 1 fully saturated rings. The number of alkyl carbamates (subject to hydrolysis) is 1. The molecule has 170 valence electrons. The van der Waals surface area contributed by atoms with Crippen LogP contribution < -0.4 is 5.32 Å². The summed E-state index contributed by atoms with van der Waals surface area (Å²) in [7, 11) is 0. The summed E-state index contributed by atoms with van der Waals surface area (Å²) in [5.41, 5.74) is 3.25. The SMILES string of the molecule is CC(C)(C)OC(=O)NC1CCN(Cc2ccccc2)CC1Cc1ccc(CCC#N)cc1. The smallest absolute Gasteiger partial charge is 0.407 e. The summed E-state index contributed by atoms with van der Waals surface area (Å²) in [5.74, 6) is 0.296. The van der Waals surface area contributed by atoms with Gasteiger partial charge >= 0.3 is 6.09 Å². The Balaban J connectivity index is 1.68. The Labute approximate surface area is 192 Å². The van der Waals surface area contributed by atoms with Gasteiger partial charge in [-0.05, 0) is 62.6 Å². The third-order valence-corrected chi connectivity index (χ3v) is 5.82. The Hall–Kier alpha value is -2.84. The minimum absolute atomic E-state index is 0.0788. The van der Waals surface area contributed by atoms with E-state index in [0.29, 0.717) is 12.3 Å². The van der Waals surface area contributed by atoms with Gasteiger partial charge in [-0.3, -0.25) is 4.90 Å². The quantitative estimate of drug-likeness (QED) is 0.660. The van der Waals surface area contributed by atoms with E-state index in [1.54, 1.807) is 0 Å². The van der Waals surface area contributed by atoms with E-state index in [1.165, 1.54) is 16.7 Å². The fourth-order valence-corrected chi connectivity index (χ4v) is 4.29. The first-order valence-corrected chi connectivity index (χ1v) is 11.5. The normalized spacial score (nSPS) is 19.2. The monoisotopic (exact) mass is 433 g/mol. The zero-order valence-electron chi connectivity index (χ0n) is 19.5. The lowest BCUT2D eigenvalue weighted by molar-refractivity contribution is 0.0430. The molecule has 0 radical (unpaired) electrons. The number of nitrogens with one attached hydrogen (secondary N) is 1. The number of piperidine rings is 1. The lowest BCUT2D eigenvalue weighted by Crippen LogP contribution is -2.52. The van der Waals surface area contributed by atoms with E-state index < -0.39 is 5.60 Å². The number of likely N-dealkylation sites (tertiary alicyclic amines) is 1. The second-order valence-electron chi connectivity index (χ2n) is 9.70. The molecule has 5 nitrogen and oxygen atoms in total. The number of ether oxygens (including phenoxy) is 1. The molecule has 2 aromatic carbocycles. The van der Waals surface area contributed by atoms with E-state index >= 15 is 0 Å². The highest BCUT2D eigenvalue weighted by molar-refractivity contribution is 5.68. The number of benzene rings is 2. The molecule has 0 bridgehead atoms. The topological polar surface area (TPSA) is 65.4 Å². The van der Waals surface area contributed by atoms with Crippen molar-refractivity contribution in [2.45, 2.75) is 64.6 Å². The van der Waals surface area contributed by atoms with Crippen LogP contribution in [0, 0.1) is 17.2 Å². The molecule has 1 aliphatic rings. The van der Waals surface area contributed by atoms with Crippen LogP contribution >= 0.6 is 0 Å². The zero-order valence-corrected chi connectivity index (χ0v) is 19.5. The van der Waals surface area contributed by atoms with E-state index in [2.05, 4.69) is 64.8 Å². The van der Waals surface area contributed by atoms with Crippen LogP contribution in [-0.2, 0) is 24.1 Å². The Morgan fingerprint density at radius 2 is 1.78 bits per heavy atom. The molecular weight excluding hydrogens is 398 g/mol. The van der Waals surface area contributed by atoms with Crippen LogP contribution in [0.5, 0.6) is 0 Å². The summed E-state index contributed by atoms with van der Waals surface area (Å²) in [6.45, 7) is 8.45. The van der Waals surface area contributed by atoms with Gasteiger partial charge in [0.2, 0.25) is 0 Å². The maximum Gasteiger partial charge on any atom is 0.407 e. The predicted octanol–water partition coefficient (Wildman–Crippen LogP) is 5.10. The van der Waals surface area contributed by atoms with Gasteiger partial charge in [0.25, 0.3) is 0 Å². The Kier molecular flexibility index (Phi) is 8.30. The fourth-order valence-electron chi connectivity index (χ4n) is 4.29. The molecule has 2 atom stereocenters. The highest BCUT2D eigenvalue weighted by atomic mass is 16.6. The lowest BCUT2D eigenvalue weighted by Gasteiger charge is -2.39. The highest BCUT2D eigenvalue weighted by Gasteiger charge is 2.31. The average Bonchev–Trinajstić information content (AvgIpc) is 2.74. The van der Waals surface area contributed by atoms with Gasteiger partial charge in [0.1, 0.15) is 5.60 Å². The maximum atomic E-state index is 12.5. The van der Waals surface area contributed by atoms with Gasteiger partial charge < -0.3 is 10.1 Å². The summed E-state index contributed by atoms with van der Waals surface area (Å²) < 4.78 is 5.52. The van der Waals surface area contributed by atoms with Crippen LogP contribution in [0.15, 0.2) is 54.6 Å². The molecule has 1 N–H and O–H groups in total. The van der Waals surface area contributed by atoms with Gasteiger partial charge in [-0.1, -0.05) is 54.6 Å². The van der Waals surface area contributed by atoms with Crippen molar-refractivity contribution in [1.29, 1.82) is 5.26 Å². The van der Waals surface area contributed by atoms with E-state index in [-0.39, 0.29) is 12.1 Å². The molecule has 5 heteroatoms. The van der Waals surface area contributed by atoms with E-state index in [1.807, 2.05) is 26.8 Å². The maximum absolute atomic E-state index is 12.5. The van der Waals surface area contributed by atoms with Crippen molar-refractivity contribution in [3.05, 3.63) is 71.3 Å². The Morgan fingerprint density at radius 1 is 1.09 bits per heavy atom. The van der Waals surface area contributed by atoms with Crippen molar-refractivity contribution in [3.63, 3.8) is 0 Å². The van der Waals surface area contributed by atoms with E-state index in [4.69, 9.17) is 10.00 Å². The third kappa shape index (κ3) is 7.69. The van der Waals surface area contributed by atoms with Crippen LogP contribution in [0.3, 0.4) is 0 Å². The zero-order chi connectivity index (χ0) is 23.0. The lowest BCUT2D eigenvalue weighted by atomic mass is 9.86. The number of carbonyl (C=O) groups excluding carboxylic acids is 1. The van der Waals surface area contributed by atoms with Crippen molar-refractivity contribution < 1.29 is 9.53 Å². The molecular formula is C27H35N3O2. The summed E-state index contributed by atoms with van der Waals surface area (Å²) in [5, 5.41) is 11.9. The average molecular weight is 434 g/mol. The molecule has 1 amide bonds. The first-order valence-electron chi connectivity index (χ1n) is 11.5. The summed E-state index contributed by atoms with van der Waals surface area (Å²) >= 11 is 0. The number of rotatable bonds is 7. The summed E-state index contributed by atoms with van der Waals surface area (Å²) in [6.07, 6.45) is 2.78.